The number of aromatic nitrogens is 2. The molecule has 1 rings (SSSR count). The lowest BCUT2D eigenvalue weighted by Crippen LogP contribution is -2.07. The van der Waals surface area contributed by atoms with Crippen molar-refractivity contribution in [2.24, 2.45) is 0 Å². The molecular weight excluding hydrogens is 225 g/mol. The molecule has 0 spiro atoms. The zero-order valence-corrected chi connectivity index (χ0v) is 6.65. The second kappa shape index (κ2) is 2.77. The van der Waals surface area contributed by atoms with Crippen molar-refractivity contribution >= 4 is 15.9 Å². The second-order valence-corrected chi connectivity index (χ2v) is 2.42. The smallest absolute Gasteiger partial charge is 0.231 e. The van der Waals surface area contributed by atoms with Crippen molar-refractivity contribution in [3.63, 3.8) is 0 Å². The van der Waals surface area contributed by atoms with E-state index in [1.165, 1.54) is 0 Å². The van der Waals surface area contributed by atoms with Crippen LogP contribution >= 0.6 is 15.9 Å². The molecule has 0 aliphatic carbocycles. The van der Waals surface area contributed by atoms with E-state index < -0.39 is 11.9 Å². The maximum absolute atomic E-state index is 11.9. The molecule has 6 heteroatoms. The largest absolute Gasteiger partial charge is 0.433 e. The van der Waals surface area contributed by atoms with Gasteiger partial charge in [0.25, 0.3) is 0 Å². The molecule has 1 heterocycles. The van der Waals surface area contributed by atoms with E-state index in [2.05, 4.69) is 25.9 Å². The first-order chi connectivity index (χ1) is 5.00. The Hall–Kier alpha value is -0.650. The maximum Gasteiger partial charge on any atom is 0.433 e. The molecule has 1 aromatic rings. The third-order valence-corrected chi connectivity index (χ3v) is 1.30. The highest BCUT2D eigenvalue weighted by Crippen LogP contribution is 2.27. The lowest BCUT2D eigenvalue weighted by molar-refractivity contribution is -0.141. The molecule has 11 heavy (non-hydrogen) atoms. The molecule has 0 aromatic carbocycles. The summed E-state index contributed by atoms with van der Waals surface area (Å²) in [5.41, 5.74) is -0.945. The fraction of sp³-hybridized carbons (Fsp3) is 0.200. The van der Waals surface area contributed by atoms with Gasteiger partial charge in [0.15, 0.2) is 4.73 Å². The SMILES string of the molecule is FC(F)(F)c1ccnc(Br)n1. The molecule has 0 N–H and O–H groups in total. The topological polar surface area (TPSA) is 25.8 Å². The van der Waals surface area contributed by atoms with Gasteiger partial charge in [0.1, 0.15) is 5.69 Å². The average Bonchev–Trinajstić information content (AvgIpc) is 1.86. The fourth-order valence-electron chi connectivity index (χ4n) is 0.493. The number of halogens is 4. The van der Waals surface area contributed by atoms with E-state index in [9.17, 15) is 13.2 Å². The predicted molar refractivity (Wildman–Crippen MR) is 34.7 cm³/mol. The summed E-state index contributed by atoms with van der Waals surface area (Å²) >= 11 is 2.73. The first kappa shape index (κ1) is 8.45. The highest BCUT2D eigenvalue weighted by atomic mass is 79.9. The molecule has 0 atom stereocenters. The number of rotatable bonds is 0. The summed E-state index contributed by atoms with van der Waals surface area (Å²) in [5, 5.41) is 0. The minimum atomic E-state index is -4.40. The standard InChI is InChI=1S/C5H2BrF3N2/c6-4-10-2-1-3(11-4)5(7,8)9/h1-2H. The molecule has 0 unspecified atom stereocenters. The Bertz CT molecular complexity index is 260. The van der Waals surface area contributed by atoms with Gasteiger partial charge < -0.3 is 0 Å². The van der Waals surface area contributed by atoms with E-state index in [-0.39, 0.29) is 4.73 Å². The number of nitrogens with zero attached hydrogens (tertiary/aromatic N) is 2. The Balaban J connectivity index is 3.06. The average molecular weight is 227 g/mol. The van der Waals surface area contributed by atoms with Crippen LogP contribution in [0, 0.1) is 0 Å². The van der Waals surface area contributed by atoms with Gasteiger partial charge in [-0.2, -0.15) is 13.2 Å². The molecule has 0 fully saturated rings. The maximum atomic E-state index is 11.9. The van der Waals surface area contributed by atoms with Crippen molar-refractivity contribution < 1.29 is 13.2 Å². The second-order valence-electron chi connectivity index (χ2n) is 1.71. The molecule has 0 aliphatic heterocycles. The Morgan fingerprint density at radius 1 is 1.36 bits per heavy atom. The third kappa shape index (κ3) is 2.14. The molecule has 60 valence electrons. The van der Waals surface area contributed by atoms with Crippen LogP contribution in [0.4, 0.5) is 13.2 Å². The van der Waals surface area contributed by atoms with Crippen LogP contribution in [-0.4, -0.2) is 9.97 Å². The van der Waals surface area contributed by atoms with Crippen LogP contribution in [0.1, 0.15) is 5.69 Å². The summed E-state index contributed by atoms with van der Waals surface area (Å²) < 4.78 is 35.5. The van der Waals surface area contributed by atoms with E-state index in [0.29, 0.717) is 0 Å². The summed E-state index contributed by atoms with van der Waals surface area (Å²) in [6, 6.07) is 0.810. The van der Waals surface area contributed by atoms with Gasteiger partial charge in [0.05, 0.1) is 0 Å². The molecule has 0 bridgehead atoms. The quantitative estimate of drug-likeness (QED) is 0.635. The highest BCUT2D eigenvalue weighted by molar-refractivity contribution is 9.10. The lowest BCUT2D eigenvalue weighted by atomic mass is 10.4. The molecule has 2 nitrogen and oxygen atoms in total. The molecular formula is C5H2BrF3N2. The lowest BCUT2D eigenvalue weighted by Gasteiger charge is -2.03. The number of alkyl halides is 3. The molecule has 0 radical (unpaired) electrons. The Kier molecular flexibility index (Phi) is 2.12. The van der Waals surface area contributed by atoms with Crippen molar-refractivity contribution in [3.8, 4) is 0 Å². The van der Waals surface area contributed by atoms with Crippen LogP contribution in [-0.2, 0) is 6.18 Å². The van der Waals surface area contributed by atoms with Gasteiger partial charge in [0, 0.05) is 6.20 Å². The van der Waals surface area contributed by atoms with Crippen molar-refractivity contribution in [3.05, 3.63) is 22.7 Å². The van der Waals surface area contributed by atoms with E-state index >= 15 is 0 Å². The molecule has 1 aromatic heterocycles. The Morgan fingerprint density at radius 3 is 2.36 bits per heavy atom. The van der Waals surface area contributed by atoms with Crippen molar-refractivity contribution in [1.29, 1.82) is 0 Å². The van der Waals surface area contributed by atoms with Crippen LogP contribution in [0.3, 0.4) is 0 Å². The zero-order chi connectivity index (χ0) is 8.48. The third-order valence-electron chi connectivity index (χ3n) is 0.917. The monoisotopic (exact) mass is 226 g/mol. The van der Waals surface area contributed by atoms with Gasteiger partial charge >= 0.3 is 6.18 Å². The molecule has 0 amide bonds. The van der Waals surface area contributed by atoms with Gasteiger partial charge in [-0.25, -0.2) is 9.97 Å². The highest BCUT2D eigenvalue weighted by Gasteiger charge is 2.32. The van der Waals surface area contributed by atoms with Gasteiger partial charge in [-0.3, -0.25) is 0 Å². The van der Waals surface area contributed by atoms with Gasteiger partial charge in [0.2, 0.25) is 0 Å². The van der Waals surface area contributed by atoms with Crippen LogP contribution in [0.5, 0.6) is 0 Å². The number of hydrogen-bond donors (Lipinski definition) is 0. The minimum absolute atomic E-state index is 0.0627. The van der Waals surface area contributed by atoms with Crippen molar-refractivity contribution in [2.45, 2.75) is 6.18 Å². The van der Waals surface area contributed by atoms with E-state index in [0.717, 1.165) is 12.3 Å². The van der Waals surface area contributed by atoms with Crippen molar-refractivity contribution in [2.75, 3.05) is 0 Å². The summed E-state index contributed by atoms with van der Waals surface area (Å²) in [6.07, 6.45) is -3.36. The molecule has 0 aliphatic rings. The summed E-state index contributed by atoms with van der Waals surface area (Å²) in [6.45, 7) is 0. The predicted octanol–water partition coefficient (Wildman–Crippen LogP) is 2.26. The van der Waals surface area contributed by atoms with Crippen LogP contribution in [0.15, 0.2) is 17.0 Å². The van der Waals surface area contributed by atoms with Gasteiger partial charge in [-0.05, 0) is 22.0 Å². The number of hydrogen-bond acceptors (Lipinski definition) is 2. The van der Waals surface area contributed by atoms with Crippen molar-refractivity contribution in [1.82, 2.24) is 9.97 Å². The van der Waals surface area contributed by atoms with Crippen LogP contribution in [0.25, 0.3) is 0 Å². The Morgan fingerprint density at radius 2 is 2.00 bits per heavy atom. The first-order valence-corrected chi connectivity index (χ1v) is 3.35. The van der Waals surface area contributed by atoms with Crippen LogP contribution in [0.2, 0.25) is 0 Å². The summed E-state index contributed by atoms with van der Waals surface area (Å²) in [7, 11) is 0. The van der Waals surface area contributed by atoms with Gasteiger partial charge in [-0.15, -0.1) is 0 Å². The normalized spacial score (nSPS) is 11.6. The van der Waals surface area contributed by atoms with Crippen LogP contribution < -0.4 is 0 Å². The summed E-state index contributed by atoms with van der Waals surface area (Å²) in [5.74, 6) is 0. The van der Waals surface area contributed by atoms with Gasteiger partial charge in [-0.1, -0.05) is 0 Å². The summed E-state index contributed by atoms with van der Waals surface area (Å²) in [4.78, 5) is 6.58. The molecule has 0 saturated carbocycles. The van der Waals surface area contributed by atoms with E-state index in [1.807, 2.05) is 0 Å². The van der Waals surface area contributed by atoms with E-state index in [4.69, 9.17) is 0 Å². The Labute approximate surface area is 68.6 Å². The fourth-order valence-corrected chi connectivity index (χ4v) is 0.802. The molecule has 0 saturated heterocycles. The zero-order valence-electron chi connectivity index (χ0n) is 5.06. The first-order valence-electron chi connectivity index (χ1n) is 2.56. The minimum Gasteiger partial charge on any atom is -0.231 e. The van der Waals surface area contributed by atoms with E-state index in [1.54, 1.807) is 0 Å².